The number of carbonyl (C=O) groups is 1. The maximum atomic E-state index is 12.2. The zero-order chi connectivity index (χ0) is 14.5. The van der Waals surface area contributed by atoms with E-state index < -0.39 is 0 Å². The van der Waals surface area contributed by atoms with Crippen LogP contribution in [0.25, 0.3) is 0 Å². The molecule has 2 rings (SSSR count). The minimum atomic E-state index is 0.0491. The van der Waals surface area contributed by atoms with Crippen molar-refractivity contribution < 1.29 is 9.53 Å². The van der Waals surface area contributed by atoms with Crippen LogP contribution in [0.3, 0.4) is 0 Å². The highest BCUT2D eigenvalue weighted by molar-refractivity contribution is 5.78. The van der Waals surface area contributed by atoms with Gasteiger partial charge >= 0.3 is 0 Å². The second kappa shape index (κ2) is 6.75. The van der Waals surface area contributed by atoms with Crippen LogP contribution in [0.1, 0.15) is 25.8 Å². The van der Waals surface area contributed by atoms with Gasteiger partial charge in [-0.25, -0.2) is 0 Å². The van der Waals surface area contributed by atoms with Gasteiger partial charge in [0, 0.05) is 12.6 Å². The molecule has 1 aliphatic rings. The summed E-state index contributed by atoms with van der Waals surface area (Å²) in [6, 6.07) is 8.16. The highest BCUT2D eigenvalue weighted by Gasteiger charge is 2.31. The highest BCUT2D eigenvalue weighted by atomic mass is 16.5. The van der Waals surface area contributed by atoms with Gasteiger partial charge in [-0.3, -0.25) is 4.79 Å². The zero-order valence-electron chi connectivity index (χ0n) is 12.3. The molecule has 1 aliphatic heterocycles. The normalized spacial score (nSPS) is 22.1. The van der Waals surface area contributed by atoms with Gasteiger partial charge < -0.3 is 15.4 Å². The van der Waals surface area contributed by atoms with Crippen LogP contribution in [0.4, 0.5) is 0 Å². The number of likely N-dealkylation sites (tertiary alicyclic amines) is 1. The Morgan fingerprint density at radius 3 is 2.65 bits per heavy atom. The Morgan fingerprint density at radius 1 is 1.40 bits per heavy atom. The average Bonchev–Trinajstić information content (AvgIpc) is 2.86. The van der Waals surface area contributed by atoms with Gasteiger partial charge in [0.2, 0.25) is 0 Å². The summed E-state index contributed by atoms with van der Waals surface area (Å²) in [6.45, 7) is 5.70. The molecular weight excluding hydrogens is 252 g/mol. The molecule has 2 atom stereocenters. The van der Waals surface area contributed by atoms with Crippen LogP contribution in [0.5, 0.6) is 5.75 Å². The summed E-state index contributed by atoms with van der Waals surface area (Å²) in [4.78, 5) is 14.1. The summed E-state index contributed by atoms with van der Waals surface area (Å²) in [5.41, 5.74) is 6.95. The lowest BCUT2D eigenvalue weighted by atomic mass is 10.1. The fourth-order valence-corrected chi connectivity index (χ4v) is 2.71. The van der Waals surface area contributed by atoms with Gasteiger partial charge in [-0.15, -0.1) is 0 Å². The number of ether oxygens (including phenoxy) is 1. The van der Waals surface area contributed by atoms with Crippen LogP contribution in [0, 0.1) is 5.92 Å². The standard InChI is InChI=1S/C16H24N2O2/c1-3-13-4-6-15(7-5-13)20-11-16(19)18-10-14(9-17)8-12(18)2/h4-7,12,14H,3,8-11,17H2,1-2H3. The molecule has 0 radical (unpaired) electrons. The first-order chi connectivity index (χ1) is 9.63. The summed E-state index contributed by atoms with van der Waals surface area (Å²) >= 11 is 0. The fourth-order valence-electron chi connectivity index (χ4n) is 2.71. The predicted octanol–water partition coefficient (Wildman–Crippen LogP) is 1.82. The van der Waals surface area contributed by atoms with Crippen molar-refractivity contribution in [1.29, 1.82) is 0 Å². The summed E-state index contributed by atoms with van der Waals surface area (Å²) < 4.78 is 5.57. The minimum Gasteiger partial charge on any atom is -0.484 e. The summed E-state index contributed by atoms with van der Waals surface area (Å²) in [7, 11) is 0. The van der Waals surface area contributed by atoms with Crippen molar-refractivity contribution in [1.82, 2.24) is 4.90 Å². The third kappa shape index (κ3) is 3.51. The zero-order valence-corrected chi connectivity index (χ0v) is 12.3. The van der Waals surface area contributed by atoms with E-state index >= 15 is 0 Å². The summed E-state index contributed by atoms with van der Waals surface area (Å²) in [5, 5.41) is 0. The third-order valence-electron chi connectivity index (χ3n) is 4.01. The first-order valence-electron chi connectivity index (χ1n) is 7.35. The van der Waals surface area contributed by atoms with E-state index in [1.54, 1.807) is 0 Å². The average molecular weight is 276 g/mol. The van der Waals surface area contributed by atoms with E-state index in [2.05, 4.69) is 13.8 Å². The molecule has 110 valence electrons. The molecule has 20 heavy (non-hydrogen) atoms. The Morgan fingerprint density at radius 2 is 2.10 bits per heavy atom. The minimum absolute atomic E-state index is 0.0491. The Kier molecular flexibility index (Phi) is 5.01. The molecule has 1 amide bonds. The number of nitrogens with two attached hydrogens (primary N) is 1. The number of aryl methyl sites for hydroxylation is 1. The fraction of sp³-hybridized carbons (Fsp3) is 0.562. The second-order valence-corrected chi connectivity index (χ2v) is 5.52. The monoisotopic (exact) mass is 276 g/mol. The van der Waals surface area contributed by atoms with E-state index in [9.17, 15) is 4.79 Å². The van der Waals surface area contributed by atoms with Crippen LogP contribution in [0.15, 0.2) is 24.3 Å². The van der Waals surface area contributed by atoms with Crippen LogP contribution in [-0.4, -0.2) is 36.5 Å². The van der Waals surface area contributed by atoms with Crippen LogP contribution < -0.4 is 10.5 Å². The molecule has 1 heterocycles. The molecule has 0 spiro atoms. The first kappa shape index (κ1) is 14.9. The Hall–Kier alpha value is -1.55. The van der Waals surface area contributed by atoms with Crippen LogP contribution in [-0.2, 0) is 11.2 Å². The number of hydrogen-bond donors (Lipinski definition) is 1. The Labute approximate surface area is 120 Å². The predicted molar refractivity (Wildman–Crippen MR) is 79.7 cm³/mol. The quantitative estimate of drug-likeness (QED) is 0.892. The van der Waals surface area contributed by atoms with Crippen LogP contribution >= 0.6 is 0 Å². The van der Waals surface area contributed by atoms with Crippen molar-refractivity contribution in [3.63, 3.8) is 0 Å². The number of amides is 1. The van der Waals surface area contributed by atoms with Crippen molar-refractivity contribution in [2.24, 2.45) is 11.7 Å². The van der Waals surface area contributed by atoms with Crippen molar-refractivity contribution >= 4 is 5.91 Å². The van der Waals surface area contributed by atoms with Crippen LogP contribution in [0.2, 0.25) is 0 Å². The van der Waals surface area contributed by atoms with Crippen molar-refractivity contribution in [3.8, 4) is 5.75 Å². The number of carbonyl (C=O) groups excluding carboxylic acids is 1. The van der Waals surface area contributed by atoms with E-state index in [4.69, 9.17) is 10.5 Å². The lowest BCUT2D eigenvalue weighted by Crippen LogP contribution is -2.37. The van der Waals surface area contributed by atoms with E-state index in [0.717, 1.165) is 25.1 Å². The van der Waals surface area contributed by atoms with E-state index in [1.807, 2.05) is 29.2 Å². The van der Waals surface area contributed by atoms with Gasteiger partial charge in [-0.2, -0.15) is 0 Å². The molecule has 1 saturated heterocycles. The third-order valence-corrected chi connectivity index (χ3v) is 4.01. The molecule has 4 heteroatoms. The topological polar surface area (TPSA) is 55.6 Å². The highest BCUT2D eigenvalue weighted by Crippen LogP contribution is 2.22. The summed E-state index contributed by atoms with van der Waals surface area (Å²) in [5.74, 6) is 1.23. The Balaban J connectivity index is 1.85. The lowest BCUT2D eigenvalue weighted by Gasteiger charge is -2.21. The van der Waals surface area contributed by atoms with Gasteiger partial charge in [0.1, 0.15) is 5.75 Å². The first-order valence-corrected chi connectivity index (χ1v) is 7.35. The molecule has 0 saturated carbocycles. The van der Waals surface area contributed by atoms with Gasteiger partial charge in [-0.1, -0.05) is 19.1 Å². The van der Waals surface area contributed by atoms with Gasteiger partial charge in [0.25, 0.3) is 5.91 Å². The molecule has 1 aromatic carbocycles. The number of benzene rings is 1. The van der Waals surface area contributed by atoms with Crippen molar-refractivity contribution in [2.45, 2.75) is 32.7 Å². The van der Waals surface area contributed by atoms with E-state index in [-0.39, 0.29) is 18.6 Å². The molecule has 4 nitrogen and oxygen atoms in total. The molecule has 1 fully saturated rings. The lowest BCUT2D eigenvalue weighted by molar-refractivity contribution is -0.134. The summed E-state index contributed by atoms with van der Waals surface area (Å²) in [6.07, 6.45) is 2.00. The van der Waals surface area contributed by atoms with Crippen molar-refractivity contribution in [3.05, 3.63) is 29.8 Å². The smallest absolute Gasteiger partial charge is 0.260 e. The number of nitrogens with zero attached hydrogens (tertiary/aromatic N) is 1. The molecule has 2 N–H and O–H groups in total. The van der Waals surface area contributed by atoms with E-state index in [1.165, 1.54) is 5.56 Å². The van der Waals surface area contributed by atoms with Gasteiger partial charge in [-0.05, 0) is 49.9 Å². The number of rotatable bonds is 5. The molecule has 0 bridgehead atoms. The largest absolute Gasteiger partial charge is 0.484 e. The van der Waals surface area contributed by atoms with Gasteiger partial charge in [0.05, 0.1) is 0 Å². The molecule has 0 aromatic heterocycles. The van der Waals surface area contributed by atoms with E-state index in [0.29, 0.717) is 12.5 Å². The molecule has 1 aromatic rings. The molecule has 2 unspecified atom stereocenters. The Bertz CT molecular complexity index is 444. The maximum Gasteiger partial charge on any atom is 0.260 e. The molecule has 0 aliphatic carbocycles. The van der Waals surface area contributed by atoms with Crippen molar-refractivity contribution in [2.75, 3.05) is 19.7 Å². The molecular formula is C16H24N2O2. The van der Waals surface area contributed by atoms with Gasteiger partial charge in [0.15, 0.2) is 6.61 Å². The maximum absolute atomic E-state index is 12.2. The second-order valence-electron chi connectivity index (χ2n) is 5.52. The number of hydrogen-bond acceptors (Lipinski definition) is 3. The SMILES string of the molecule is CCc1ccc(OCC(=O)N2CC(CN)CC2C)cc1.